The van der Waals surface area contributed by atoms with Crippen LogP contribution < -0.4 is 11.1 Å². The first-order valence-electron chi connectivity index (χ1n) is 9.88. The molecule has 0 aliphatic carbocycles. The third-order valence-electron chi connectivity index (χ3n) is 4.40. The summed E-state index contributed by atoms with van der Waals surface area (Å²) in [5.41, 5.74) is 9.18. The average molecular weight is 421 g/mol. The minimum Gasteiger partial charge on any atom is -0.458 e. The molecule has 0 radical (unpaired) electrons. The molecule has 3 N–H and O–H groups in total. The van der Waals surface area contributed by atoms with Crippen molar-refractivity contribution < 1.29 is 19.1 Å². The molecule has 7 heteroatoms. The number of benzene rings is 2. The molecule has 0 spiro atoms. The van der Waals surface area contributed by atoms with Gasteiger partial charge in [0.05, 0.1) is 30.9 Å². The lowest BCUT2D eigenvalue weighted by molar-refractivity contribution is -0.123. The zero-order chi connectivity index (χ0) is 22.6. The number of ether oxygens (including phenoxy) is 2. The highest BCUT2D eigenvalue weighted by Crippen LogP contribution is 2.09. The van der Waals surface area contributed by atoms with E-state index in [1.807, 2.05) is 37.3 Å². The van der Waals surface area contributed by atoms with E-state index in [2.05, 4.69) is 11.9 Å². The van der Waals surface area contributed by atoms with Crippen molar-refractivity contribution in [3.8, 4) is 6.07 Å². The molecule has 0 aliphatic heterocycles. The van der Waals surface area contributed by atoms with Gasteiger partial charge in [-0.1, -0.05) is 54.6 Å². The number of nitriles is 1. The summed E-state index contributed by atoms with van der Waals surface area (Å²) in [6, 6.07) is 15.0. The fraction of sp³-hybridized carbons (Fsp3) is 0.292. The van der Waals surface area contributed by atoms with Crippen LogP contribution in [0.2, 0.25) is 0 Å². The second kappa shape index (κ2) is 12.3. The van der Waals surface area contributed by atoms with Crippen LogP contribution in [0.25, 0.3) is 0 Å². The summed E-state index contributed by atoms with van der Waals surface area (Å²) >= 11 is 0. The van der Waals surface area contributed by atoms with Crippen LogP contribution in [0.3, 0.4) is 0 Å². The number of rotatable bonds is 11. The van der Waals surface area contributed by atoms with Crippen molar-refractivity contribution in [3.63, 3.8) is 0 Å². The zero-order valence-electron chi connectivity index (χ0n) is 17.5. The summed E-state index contributed by atoms with van der Waals surface area (Å²) in [4.78, 5) is 24.2. The fourth-order valence-electron chi connectivity index (χ4n) is 2.88. The number of aryl methyl sites for hydroxylation is 1. The lowest BCUT2D eigenvalue weighted by Crippen LogP contribution is -2.47. The summed E-state index contributed by atoms with van der Waals surface area (Å²) in [6.07, 6.45) is 1.87. The smallest absolute Gasteiger partial charge is 0.338 e. The summed E-state index contributed by atoms with van der Waals surface area (Å²) < 4.78 is 10.6. The molecule has 2 aromatic carbocycles. The third kappa shape index (κ3) is 8.05. The number of carbonyl (C=O) groups excluding carboxylic acids is 2. The zero-order valence-corrected chi connectivity index (χ0v) is 17.5. The van der Waals surface area contributed by atoms with Crippen LogP contribution in [0.5, 0.6) is 0 Å². The molecule has 0 fully saturated rings. The van der Waals surface area contributed by atoms with E-state index in [0.29, 0.717) is 12.0 Å². The third-order valence-corrected chi connectivity index (χ3v) is 4.40. The fourth-order valence-corrected chi connectivity index (χ4v) is 2.88. The average Bonchev–Trinajstić information content (AvgIpc) is 2.76. The SMILES string of the molecule is C=CCOC(=O)c1cccc(COC[C@H](C#N)NC(=O)[C@@H](N)Cc2cccc(C)c2)c1. The summed E-state index contributed by atoms with van der Waals surface area (Å²) in [5.74, 6) is -0.866. The summed E-state index contributed by atoms with van der Waals surface area (Å²) in [5, 5.41) is 11.9. The van der Waals surface area contributed by atoms with Crippen LogP contribution in [-0.4, -0.2) is 37.2 Å². The Balaban J connectivity index is 1.82. The van der Waals surface area contributed by atoms with E-state index in [1.54, 1.807) is 24.3 Å². The maximum Gasteiger partial charge on any atom is 0.338 e. The molecule has 2 aromatic rings. The van der Waals surface area contributed by atoms with Gasteiger partial charge >= 0.3 is 5.97 Å². The van der Waals surface area contributed by atoms with Crippen LogP contribution in [0.15, 0.2) is 61.2 Å². The topological polar surface area (TPSA) is 114 Å². The van der Waals surface area contributed by atoms with Crippen molar-refractivity contribution in [2.75, 3.05) is 13.2 Å². The molecule has 0 saturated heterocycles. The van der Waals surface area contributed by atoms with Gasteiger partial charge in [-0.2, -0.15) is 5.26 Å². The molecule has 31 heavy (non-hydrogen) atoms. The number of amides is 1. The highest BCUT2D eigenvalue weighted by atomic mass is 16.5. The first-order chi connectivity index (χ1) is 14.9. The van der Waals surface area contributed by atoms with Gasteiger partial charge in [-0.3, -0.25) is 4.79 Å². The molecule has 0 aromatic heterocycles. The minimum absolute atomic E-state index is 0.00938. The number of hydrogen-bond acceptors (Lipinski definition) is 6. The van der Waals surface area contributed by atoms with Crippen LogP contribution in [0.1, 0.15) is 27.0 Å². The quantitative estimate of drug-likeness (QED) is 0.425. The molecule has 7 nitrogen and oxygen atoms in total. The Bertz CT molecular complexity index is 952. The van der Waals surface area contributed by atoms with E-state index >= 15 is 0 Å². The molecule has 162 valence electrons. The van der Waals surface area contributed by atoms with Crippen LogP contribution >= 0.6 is 0 Å². The first kappa shape index (κ1) is 23.8. The van der Waals surface area contributed by atoms with E-state index in [4.69, 9.17) is 15.2 Å². The number of carbonyl (C=O) groups is 2. The normalized spacial score (nSPS) is 12.3. The molecule has 0 heterocycles. The van der Waals surface area contributed by atoms with E-state index in [-0.39, 0.29) is 19.8 Å². The van der Waals surface area contributed by atoms with E-state index < -0.39 is 24.0 Å². The van der Waals surface area contributed by atoms with Gasteiger partial charge in [0.15, 0.2) is 0 Å². The Hall–Kier alpha value is -3.47. The summed E-state index contributed by atoms with van der Waals surface area (Å²) in [6.45, 7) is 5.77. The van der Waals surface area contributed by atoms with Crippen molar-refractivity contribution >= 4 is 11.9 Å². The molecular weight excluding hydrogens is 394 g/mol. The van der Waals surface area contributed by atoms with E-state index in [9.17, 15) is 14.9 Å². The molecule has 0 unspecified atom stereocenters. The monoisotopic (exact) mass is 421 g/mol. The molecule has 2 atom stereocenters. The van der Waals surface area contributed by atoms with Gasteiger partial charge in [0.25, 0.3) is 0 Å². The number of hydrogen-bond donors (Lipinski definition) is 2. The Morgan fingerprint density at radius 2 is 1.97 bits per heavy atom. The van der Waals surface area contributed by atoms with Gasteiger partial charge in [0.2, 0.25) is 5.91 Å². The maximum absolute atomic E-state index is 12.3. The predicted molar refractivity (Wildman–Crippen MR) is 117 cm³/mol. The minimum atomic E-state index is -0.836. The standard InChI is InChI=1S/C24H27N3O4/c1-3-10-31-24(29)20-9-5-8-19(12-20)15-30-16-21(14-25)27-23(28)22(26)13-18-7-4-6-17(2)11-18/h3-9,11-12,21-22H,1,10,13,15-16,26H2,2H3,(H,27,28)/t21-,22-/m0/s1. The Morgan fingerprint density at radius 1 is 1.23 bits per heavy atom. The second-order valence-corrected chi connectivity index (χ2v) is 7.09. The van der Waals surface area contributed by atoms with Crippen molar-refractivity contribution in [3.05, 3.63) is 83.4 Å². The lowest BCUT2D eigenvalue weighted by Gasteiger charge is -2.16. The number of nitrogens with two attached hydrogens (primary N) is 1. The highest BCUT2D eigenvalue weighted by Gasteiger charge is 2.18. The number of nitrogens with zero attached hydrogens (tertiary/aromatic N) is 1. The molecule has 2 rings (SSSR count). The van der Waals surface area contributed by atoms with E-state index in [1.165, 1.54) is 6.08 Å². The second-order valence-electron chi connectivity index (χ2n) is 7.09. The van der Waals surface area contributed by atoms with Crippen LogP contribution in [-0.2, 0) is 27.3 Å². The van der Waals surface area contributed by atoms with Gasteiger partial charge in [-0.15, -0.1) is 0 Å². The van der Waals surface area contributed by atoms with Gasteiger partial charge in [-0.25, -0.2) is 4.79 Å². The number of nitrogens with one attached hydrogen (secondary N) is 1. The lowest BCUT2D eigenvalue weighted by atomic mass is 10.0. The van der Waals surface area contributed by atoms with Crippen LogP contribution in [0.4, 0.5) is 0 Å². The largest absolute Gasteiger partial charge is 0.458 e. The Labute approximate surface area is 182 Å². The van der Waals surface area contributed by atoms with Gasteiger partial charge < -0.3 is 20.5 Å². The predicted octanol–water partition coefficient (Wildman–Crippen LogP) is 2.43. The van der Waals surface area contributed by atoms with Crippen molar-refractivity contribution in [2.24, 2.45) is 5.73 Å². The van der Waals surface area contributed by atoms with Gasteiger partial charge in [0.1, 0.15) is 12.6 Å². The summed E-state index contributed by atoms with van der Waals surface area (Å²) in [7, 11) is 0. The van der Waals surface area contributed by atoms with Crippen LogP contribution in [0, 0.1) is 18.3 Å². The highest BCUT2D eigenvalue weighted by molar-refractivity contribution is 5.89. The molecule has 1 amide bonds. The van der Waals surface area contributed by atoms with Crippen molar-refractivity contribution in [1.82, 2.24) is 5.32 Å². The van der Waals surface area contributed by atoms with Gasteiger partial charge in [0, 0.05) is 0 Å². The Morgan fingerprint density at radius 3 is 2.68 bits per heavy atom. The molecule has 0 saturated carbocycles. The first-order valence-corrected chi connectivity index (χ1v) is 9.88. The van der Waals surface area contributed by atoms with Crippen molar-refractivity contribution in [1.29, 1.82) is 5.26 Å². The van der Waals surface area contributed by atoms with E-state index in [0.717, 1.165) is 16.7 Å². The molecule has 0 aliphatic rings. The Kier molecular flexibility index (Phi) is 9.43. The van der Waals surface area contributed by atoms with Crippen molar-refractivity contribution in [2.45, 2.75) is 32.0 Å². The maximum atomic E-state index is 12.3. The molecular formula is C24H27N3O4. The van der Waals surface area contributed by atoms with Gasteiger partial charge in [-0.05, 0) is 36.6 Å². The molecule has 0 bridgehead atoms. The number of esters is 1.